The van der Waals surface area contributed by atoms with Crippen LogP contribution < -0.4 is 10.2 Å². The van der Waals surface area contributed by atoms with E-state index >= 15 is 0 Å². The Labute approximate surface area is 202 Å². The Kier molecular flexibility index (Phi) is 5.13. The third-order valence-electron chi connectivity index (χ3n) is 5.30. The van der Waals surface area contributed by atoms with Crippen LogP contribution in [0.3, 0.4) is 0 Å². The Morgan fingerprint density at radius 2 is 1.56 bits per heavy atom. The second kappa shape index (κ2) is 7.74. The van der Waals surface area contributed by atoms with Crippen LogP contribution >= 0.6 is 46.6 Å². The Hall–Kier alpha value is -2.64. The molecule has 1 atom stereocenters. The van der Waals surface area contributed by atoms with Crippen LogP contribution in [0.5, 0.6) is 0 Å². The van der Waals surface area contributed by atoms with Gasteiger partial charge < -0.3 is 10.4 Å². The van der Waals surface area contributed by atoms with E-state index in [-0.39, 0.29) is 4.91 Å². The SMILES string of the molecule is O=C1N[C@@]2(C(=O)N(c3cccc(Cl)c3)c3cc(Cl)ccc32)C(Sc2ccc(Cl)cc2)=C1O. The molecule has 5 nitrogen and oxygen atoms in total. The van der Waals surface area contributed by atoms with Crippen LogP contribution in [-0.4, -0.2) is 16.9 Å². The van der Waals surface area contributed by atoms with Gasteiger partial charge in [-0.2, -0.15) is 0 Å². The number of aliphatic hydroxyl groups is 1. The summed E-state index contributed by atoms with van der Waals surface area (Å²) in [5, 5.41) is 14.8. The Bertz CT molecular complexity index is 1330. The molecule has 2 heterocycles. The zero-order chi connectivity index (χ0) is 22.6. The quantitative estimate of drug-likeness (QED) is 0.446. The first-order chi connectivity index (χ1) is 15.3. The summed E-state index contributed by atoms with van der Waals surface area (Å²) in [5.74, 6) is -1.69. The summed E-state index contributed by atoms with van der Waals surface area (Å²) in [4.78, 5) is 29.0. The number of nitrogens with one attached hydrogen (secondary N) is 1. The van der Waals surface area contributed by atoms with E-state index in [0.29, 0.717) is 36.9 Å². The molecule has 3 aromatic carbocycles. The van der Waals surface area contributed by atoms with Crippen molar-refractivity contribution in [2.45, 2.75) is 10.4 Å². The second-order valence-electron chi connectivity index (χ2n) is 7.22. The highest BCUT2D eigenvalue weighted by molar-refractivity contribution is 8.03. The molecule has 9 heteroatoms. The normalized spacial score (nSPS) is 19.7. The van der Waals surface area contributed by atoms with Crippen LogP contribution in [0, 0.1) is 0 Å². The van der Waals surface area contributed by atoms with Gasteiger partial charge in [-0.1, -0.05) is 58.7 Å². The molecule has 1 spiro atoms. The maximum absolute atomic E-state index is 14.0. The summed E-state index contributed by atoms with van der Waals surface area (Å²) >= 11 is 19.5. The first kappa shape index (κ1) is 21.2. The standard InChI is InChI=1S/C23H13Cl3N2O3S/c24-12-4-7-16(8-5-12)32-20-19(29)21(30)27-23(20)17-9-6-14(26)11-18(17)28(22(23)31)15-3-1-2-13(25)10-15/h1-11,29H,(H,27,30)/t23-/m1/s1. The van der Waals surface area contributed by atoms with Crippen molar-refractivity contribution >= 4 is 69.8 Å². The van der Waals surface area contributed by atoms with E-state index in [4.69, 9.17) is 34.8 Å². The van der Waals surface area contributed by atoms with Gasteiger partial charge >= 0.3 is 0 Å². The fourth-order valence-corrected chi connectivity index (χ4v) is 5.50. The number of fused-ring (bicyclic) bond motifs is 2. The topological polar surface area (TPSA) is 69.6 Å². The summed E-state index contributed by atoms with van der Waals surface area (Å²) in [5.41, 5.74) is -0.0951. The van der Waals surface area contributed by atoms with Gasteiger partial charge in [0, 0.05) is 25.5 Å². The van der Waals surface area contributed by atoms with E-state index in [1.807, 2.05) is 0 Å². The number of rotatable bonds is 3. The van der Waals surface area contributed by atoms with E-state index in [1.165, 1.54) is 4.90 Å². The van der Waals surface area contributed by atoms with Crippen molar-refractivity contribution in [1.82, 2.24) is 5.32 Å². The third-order valence-corrected chi connectivity index (χ3v) is 7.23. The van der Waals surface area contributed by atoms with Crippen molar-refractivity contribution in [3.8, 4) is 0 Å². The number of aliphatic hydroxyl groups excluding tert-OH is 1. The zero-order valence-corrected chi connectivity index (χ0v) is 19.2. The summed E-state index contributed by atoms with van der Waals surface area (Å²) in [6, 6.07) is 18.7. The maximum atomic E-state index is 14.0. The Morgan fingerprint density at radius 3 is 2.28 bits per heavy atom. The van der Waals surface area contributed by atoms with Crippen LogP contribution in [-0.2, 0) is 15.1 Å². The minimum absolute atomic E-state index is 0.183. The zero-order valence-electron chi connectivity index (χ0n) is 16.1. The number of anilines is 2. The van der Waals surface area contributed by atoms with E-state index < -0.39 is 23.1 Å². The number of halogens is 3. The highest BCUT2D eigenvalue weighted by Crippen LogP contribution is 2.55. The average molecular weight is 504 g/mol. The number of thioether (sulfide) groups is 1. The van der Waals surface area contributed by atoms with Crippen molar-refractivity contribution in [2.24, 2.45) is 0 Å². The van der Waals surface area contributed by atoms with Gasteiger partial charge in [-0.05, 0) is 54.6 Å². The molecule has 2 N–H and O–H groups in total. The van der Waals surface area contributed by atoms with Crippen molar-refractivity contribution in [2.75, 3.05) is 4.90 Å². The van der Waals surface area contributed by atoms with Gasteiger partial charge in [0.05, 0.1) is 16.3 Å². The second-order valence-corrected chi connectivity index (χ2v) is 9.61. The third kappa shape index (κ3) is 3.18. The fourth-order valence-electron chi connectivity index (χ4n) is 3.92. The van der Waals surface area contributed by atoms with Crippen LogP contribution in [0.15, 0.2) is 82.3 Å². The largest absolute Gasteiger partial charge is 0.502 e. The van der Waals surface area contributed by atoms with Crippen molar-refractivity contribution in [3.05, 3.63) is 98.0 Å². The number of nitrogens with zero attached hydrogens (tertiary/aromatic N) is 1. The predicted octanol–water partition coefficient (Wildman–Crippen LogP) is 6.21. The molecule has 0 radical (unpaired) electrons. The van der Waals surface area contributed by atoms with Crippen LogP contribution in [0.4, 0.5) is 11.4 Å². The number of hydrogen-bond acceptors (Lipinski definition) is 4. The number of amides is 2. The molecular formula is C23H13Cl3N2O3S. The number of benzene rings is 3. The first-order valence-corrected chi connectivity index (χ1v) is 11.4. The fraction of sp³-hybridized carbons (Fsp3) is 0.0435. The van der Waals surface area contributed by atoms with Gasteiger partial charge in [-0.15, -0.1) is 0 Å². The molecule has 0 aromatic heterocycles. The van der Waals surface area contributed by atoms with Crippen LogP contribution in [0.2, 0.25) is 15.1 Å². The molecule has 32 heavy (non-hydrogen) atoms. The monoisotopic (exact) mass is 502 g/mol. The van der Waals surface area contributed by atoms with Gasteiger partial charge in [0.15, 0.2) is 11.3 Å². The van der Waals surface area contributed by atoms with Crippen LogP contribution in [0.25, 0.3) is 0 Å². The molecule has 0 unspecified atom stereocenters. The lowest BCUT2D eigenvalue weighted by Crippen LogP contribution is -2.49. The molecule has 0 bridgehead atoms. The van der Waals surface area contributed by atoms with Gasteiger partial charge in [0.25, 0.3) is 11.8 Å². The molecular weight excluding hydrogens is 491 g/mol. The molecule has 0 saturated heterocycles. The molecule has 5 rings (SSSR count). The average Bonchev–Trinajstić information content (AvgIpc) is 3.15. The van der Waals surface area contributed by atoms with E-state index in [1.54, 1.807) is 66.7 Å². The lowest BCUT2D eigenvalue weighted by atomic mass is 9.92. The first-order valence-electron chi connectivity index (χ1n) is 9.41. The lowest BCUT2D eigenvalue weighted by Gasteiger charge is -2.26. The summed E-state index contributed by atoms with van der Waals surface area (Å²) in [7, 11) is 0. The smallest absolute Gasteiger partial charge is 0.288 e. The van der Waals surface area contributed by atoms with Gasteiger partial charge in [-0.25, -0.2) is 0 Å². The van der Waals surface area contributed by atoms with E-state index in [2.05, 4.69) is 5.32 Å². The minimum atomic E-state index is -1.60. The Morgan fingerprint density at radius 1 is 0.875 bits per heavy atom. The molecule has 3 aromatic rings. The molecule has 0 fully saturated rings. The summed E-state index contributed by atoms with van der Waals surface area (Å²) < 4.78 is 0. The maximum Gasteiger partial charge on any atom is 0.288 e. The number of carbonyl (C=O) groups is 2. The highest BCUT2D eigenvalue weighted by atomic mass is 35.5. The van der Waals surface area contributed by atoms with Gasteiger partial charge in [0.1, 0.15) is 0 Å². The van der Waals surface area contributed by atoms with E-state index in [9.17, 15) is 14.7 Å². The minimum Gasteiger partial charge on any atom is -0.502 e. The van der Waals surface area contributed by atoms with Crippen LogP contribution in [0.1, 0.15) is 5.56 Å². The molecule has 2 aliphatic heterocycles. The lowest BCUT2D eigenvalue weighted by molar-refractivity contribution is -0.126. The van der Waals surface area contributed by atoms with Gasteiger partial charge in [-0.3, -0.25) is 14.5 Å². The molecule has 0 saturated carbocycles. The summed E-state index contributed by atoms with van der Waals surface area (Å²) in [6.45, 7) is 0. The number of hydrogen-bond donors (Lipinski definition) is 2. The molecule has 2 amide bonds. The van der Waals surface area contributed by atoms with E-state index in [0.717, 1.165) is 11.8 Å². The summed E-state index contributed by atoms with van der Waals surface area (Å²) in [6.07, 6.45) is 0. The Balaban J connectivity index is 1.71. The van der Waals surface area contributed by atoms with Crippen molar-refractivity contribution in [3.63, 3.8) is 0 Å². The highest BCUT2D eigenvalue weighted by Gasteiger charge is 2.60. The predicted molar refractivity (Wildman–Crippen MR) is 127 cm³/mol. The molecule has 0 aliphatic carbocycles. The molecule has 2 aliphatic rings. The number of carbonyl (C=O) groups excluding carboxylic acids is 2. The van der Waals surface area contributed by atoms with Gasteiger partial charge in [0.2, 0.25) is 0 Å². The van der Waals surface area contributed by atoms with Crippen molar-refractivity contribution in [1.29, 1.82) is 0 Å². The molecule has 160 valence electrons. The van der Waals surface area contributed by atoms with Crippen molar-refractivity contribution < 1.29 is 14.7 Å².